The molecule has 0 amide bonds. The van der Waals surface area contributed by atoms with Gasteiger partial charge in [-0.1, -0.05) is 22.9 Å². The molecule has 0 unspecified atom stereocenters. The number of allylic oxidation sites excluding steroid dienone is 1. The molecule has 0 saturated heterocycles. The molecule has 2 aromatic carbocycles. The molecule has 0 bridgehead atoms. The second kappa shape index (κ2) is 8.46. The minimum Gasteiger partial charge on any atom is -0.496 e. The molecule has 2 fully saturated rings. The second-order valence-electron chi connectivity index (χ2n) is 10.1. The summed E-state index contributed by atoms with van der Waals surface area (Å²) < 4.78 is 6.66. The number of benzene rings is 2. The lowest BCUT2D eigenvalue weighted by molar-refractivity contribution is -0.0226. The Balaban J connectivity index is 1.45. The van der Waals surface area contributed by atoms with Crippen LogP contribution >= 0.6 is 15.9 Å². The summed E-state index contributed by atoms with van der Waals surface area (Å²) in [4.78, 5) is 12.7. The fourth-order valence-corrected chi connectivity index (χ4v) is 7.04. The molecule has 32 heavy (non-hydrogen) atoms. The summed E-state index contributed by atoms with van der Waals surface area (Å²) >= 11 is 3.42. The summed E-state index contributed by atoms with van der Waals surface area (Å²) in [6.45, 7) is 2.32. The van der Waals surface area contributed by atoms with Gasteiger partial charge in [-0.25, -0.2) is 0 Å². The average molecular weight is 495 g/mol. The summed E-state index contributed by atoms with van der Waals surface area (Å²) in [6, 6.07) is 11.9. The highest BCUT2D eigenvalue weighted by Gasteiger charge is 2.54. The van der Waals surface area contributed by atoms with Crippen LogP contribution in [0.4, 0.5) is 0 Å². The van der Waals surface area contributed by atoms with E-state index in [1.165, 1.54) is 17.5 Å². The number of aryl methyl sites for hydroxylation is 1. The molecule has 0 aliphatic heterocycles. The van der Waals surface area contributed by atoms with E-state index in [1.54, 1.807) is 13.2 Å². The zero-order valence-corrected chi connectivity index (χ0v) is 20.4. The normalized spacial score (nSPS) is 31.1. The van der Waals surface area contributed by atoms with Gasteiger partial charge in [0.05, 0.1) is 13.2 Å². The number of carbonyl (C=O) groups excluding carboxylic acids is 1. The molecule has 0 spiro atoms. The third kappa shape index (κ3) is 3.66. The van der Waals surface area contributed by atoms with Crippen molar-refractivity contribution in [3.05, 3.63) is 69.2 Å². The molecule has 3 aliphatic rings. The Kier molecular flexibility index (Phi) is 5.79. The van der Waals surface area contributed by atoms with Gasteiger partial charge in [0, 0.05) is 15.6 Å². The predicted molar refractivity (Wildman–Crippen MR) is 131 cm³/mol. The molecule has 3 aliphatic carbocycles. The number of ketones is 1. The summed E-state index contributed by atoms with van der Waals surface area (Å²) in [5, 5.41) is 10.7. The van der Waals surface area contributed by atoms with Crippen molar-refractivity contribution in [1.82, 2.24) is 0 Å². The number of methoxy groups -OCH3 is 1. The summed E-state index contributed by atoms with van der Waals surface area (Å²) in [5.74, 6) is 2.63. The molecule has 4 heteroatoms. The second-order valence-corrected chi connectivity index (χ2v) is 11.0. The highest BCUT2D eigenvalue weighted by atomic mass is 79.9. The van der Waals surface area contributed by atoms with E-state index in [-0.39, 0.29) is 17.3 Å². The number of ether oxygens (including phenoxy) is 1. The first-order valence-corrected chi connectivity index (χ1v) is 12.6. The van der Waals surface area contributed by atoms with Crippen molar-refractivity contribution in [3.63, 3.8) is 0 Å². The molecule has 2 aromatic rings. The predicted octanol–water partition coefficient (Wildman–Crippen LogP) is 6.57. The first kappa shape index (κ1) is 21.9. The maximum absolute atomic E-state index is 12.7. The van der Waals surface area contributed by atoms with Crippen LogP contribution < -0.4 is 4.74 Å². The molecule has 0 radical (unpaired) electrons. The van der Waals surface area contributed by atoms with Crippen LogP contribution in [0.15, 0.2) is 46.9 Å². The Morgan fingerprint density at radius 3 is 2.69 bits per heavy atom. The molecule has 0 heterocycles. The third-order valence-electron chi connectivity index (χ3n) is 8.57. The number of hydrogen-bond acceptors (Lipinski definition) is 3. The van der Waals surface area contributed by atoms with E-state index in [0.717, 1.165) is 47.9 Å². The van der Waals surface area contributed by atoms with Crippen LogP contribution in [0, 0.1) is 17.3 Å². The minimum atomic E-state index is -0.145. The number of aliphatic hydroxyl groups excluding tert-OH is 1. The molecule has 168 valence electrons. The Hall–Kier alpha value is -1.91. The molecule has 2 saturated carbocycles. The fourth-order valence-electron chi connectivity index (χ4n) is 6.77. The van der Waals surface area contributed by atoms with Crippen LogP contribution in [-0.4, -0.2) is 24.1 Å². The van der Waals surface area contributed by atoms with Crippen molar-refractivity contribution < 1.29 is 14.6 Å². The first-order valence-electron chi connectivity index (χ1n) is 11.8. The van der Waals surface area contributed by atoms with Crippen LogP contribution in [0.3, 0.4) is 0 Å². The van der Waals surface area contributed by atoms with E-state index in [1.807, 2.05) is 30.3 Å². The van der Waals surface area contributed by atoms with E-state index in [0.29, 0.717) is 23.3 Å². The van der Waals surface area contributed by atoms with Crippen molar-refractivity contribution in [1.29, 1.82) is 0 Å². The van der Waals surface area contributed by atoms with Crippen molar-refractivity contribution in [3.8, 4) is 5.75 Å². The maximum atomic E-state index is 12.7. The van der Waals surface area contributed by atoms with Crippen LogP contribution in [-0.2, 0) is 6.42 Å². The van der Waals surface area contributed by atoms with Gasteiger partial charge in [-0.15, -0.1) is 0 Å². The molecular weight excluding hydrogens is 464 g/mol. The van der Waals surface area contributed by atoms with Crippen LogP contribution in [0.25, 0.3) is 6.08 Å². The minimum absolute atomic E-state index is 0.0106. The number of rotatable bonds is 4. The van der Waals surface area contributed by atoms with Gasteiger partial charge in [-0.3, -0.25) is 4.79 Å². The quantitative estimate of drug-likeness (QED) is 0.386. The van der Waals surface area contributed by atoms with Gasteiger partial charge in [-0.05, 0) is 121 Å². The largest absolute Gasteiger partial charge is 0.496 e. The van der Waals surface area contributed by atoms with Gasteiger partial charge in [0.25, 0.3) is 0 Å². The van der Waals surface area contributed by atoms with Crippen LogP contribution in [0.2, 0.25) is 0 Å². The maximum Gasteiger partial charge on any atom is 0.185 e. The van der Waals surface area contributed by atoms with Gasteiger partial charge in [-0.2, -0.15) is 0 Å². The van der Waals surface area contributed by atoms with E-state index < -0.39 is 0 Å². The summed E-state index contributed by atoms with van der Waals surface area (Å²) in [5.41, 5.74) is 4.55. The van der Waals surface area contributed by atoms with Crippen molar-refractivity contribution in [2.75, 3.05) is 7.11 Å². The number of halogens is 1. The lowest BCUT2D eigenvalue weighted by atomic mass is 9.55. The zero-order valence-electron chi connectivity index (χ0n) is 18.8. The lowest BCUT2D eigenvalue weighted by Crippen LogP contribution is -2.43. The van der Waals surface area contributed by atoms with Gasteiger partial charge in [0.15, 0.2) is 5.78 Å². The molecule has 0 aromatic heterocycles. The Morgan fingerprint density at radius 2 is 1.94 bits per heavy atom. The van der Waals surface area contributed by atoms with Crippen molar-refractivity contribution in [2.24, 2.45) is 17.3 Å². The lowest BCUT2D eigenvalue weighted by Gasteiger charge is -2.50. The smallest absolute Gasteiger partial charge is 0.185 e. The Bertz CT molecular complexity index is 1060. The van der Waals surface area contributed by atoms with E-state index in [4.69, 9.17) is 4.74 Å². The molecular formula is C28H31BrO3. The van der Waals surface area contributed by atoms with E-state index in [9.17, 15) is 9.90 Å². The van der Waals surface area contributed by atoms with Crippen molar-refractivity contribution in [2.45, 2.75) is 57.5 Å². The monoisotopic (exact) mass is 494 g/mol. The number of hydrogen-bond donors (Lipinski definition) is 1. The number of fused-ring (bicyclic) bond motifs is 5. The third-order valence-corrected chi connectivity index (χ3v) is 9.10. The summed E-state index contributed by atoms with van der Waals surface area (Å²) in [6.07, 6.45) is 10.0. The van der Waals surface area contributed by atoms with Crippen molar-refractivity contribution >= 4 is 27.8 Å². The highest BCUT2D eigenvalue weighted by Crippen LogP contribution is 2.61. The first-order chi connectivity index (χ1) is 15.4. The Labute approximate surface area is 199 Å². The Morgan fingerprint density at radius 1 is 1.16 bits per heavy atom. The van der Waals surface area contributed by atoms with E-state index >= 15 is 0 Å². The average Bonchev–Trinajstić information content (AvgIpc) is 3.11. The fraction of sp³-hybridized carbons (Fsp3) is 0.464. The van der Waals surface area contributed by atoms with Gasteiger partial charge in [0.2, 0.25) is 0 Å². The number of carbonyl (C=O) groups is 1. The van der Waals surface area contributed by atoms with Gasteiger partial charge >= 0.3 is 0 Å². The summed E-state index contributed by atoms with van der Waals surface area (Å²) in [7, 11) is 1.70. The SMILES string of the molecule is COc1cc2c(cc1/C=C/C(=O)c1ccc(Br)cc1)[C@H]1CC[C@]3(C)[C@@H](O)CC[C@H]3[C@@H]1CC2. The molecule has 3 nitrogen and oxygen atoms in total. The molecule has 5 rings (SSSR count). The standard InChI is InChI=1S/C28H31BrO3/c1-28-14-13-21-22(24(28)10-12-27(28)31)9-5-18-16-26(32-2)19(15-23(18)21)6-11-25(30)17-3-7-20(29)8-4-17/h3-4,6-8,11,15-16,21-22,24,27,31H,5,9-10,12-14H2,1-2H3/b11-6+/t21-,22+,24-,27-,28-/m0/s1. The van der Waals surface area contributed by atoms with Gasteiger partial charge in [0.1, 0.15) is 5.75 Å². The topological polar surface area (TPSA) is 46.5 Å². The molecule has 1 N–H and O–H groups in total. The highest BCUT2D eigenvalue weighted by molar-refractivity contribution is 9.10. The number of aliphatic hydroxyl groups is 1. The van der Waals surface area contributed by atoms with Crippen LogP contribution in [0.5, 0.6) is 5.75 Å². The van der Waals surface area contributed by atoms with E-state index in [2.05, 4.69) is 35.0 Å². The van der Waals surface area contributed by atoms with Gasteiger partial charge < -0.3 is 9.84 Å². The van der Waals surface area contributed by atoms with Crippen LogP contribution in [0.1, 0.15) is 72.0 Å². The zero-order chi connectivity index (χ0) is 22.5. The molecule has 5 atom stereocenters.